The molecule has 0 spiro atoms. The van der Waals surface area contributed by atoms with Crippen molar-refractivity contribution in [1.82, 2.24) is 0 Å². The van der Waals surface area contributed by atoms with Crippen LogP contribution >= 0.6 is 12.4 Å². The topological polar surface area (TPSA) is 20.2 Å². The van der Waals surface area contributed by atoms with Crippen LogP contribution in [-0.4, -0.2) is 5.11 Å². The van der Waals surface area contributed by atoms with Crippen LogP contribution in [0.5, 0.6) is 0 Å². The third kappa shape index (κ3) is 10.7. The molecule has 7 heavy (non-hydrogen) atoms. The molecule has 0 atom stereocenters. The Morgan fingerprint density at radius 3 is 2.29 bits per heavy atom. The monoisotopic (exact) mass is 122 g/mol. The molecule has 0 aliphatic rings. The maximum Gasteiger partial charge on any atom is 0.0751 e. The maximum absolute atomic E-state index is 8.02. The molecular formula is C5H11ClO. The minimum absolute atomic E-state index is 0. The molecule has 0 bridgehead atoms. The van der Waals surface area contributed by atoms with Crippen molar-refractivity contribution in [2.24, 2.45) is 0 Å². The zero-order chi connectivity index (χ0) is 4.83. The van der Waals surface area contributed by atoms with Crippen molar-refractivity contribution in [3.8, 4) is 0 Å². The Hall–Kier alpha value is -0.170. The second-order valence-electron chi connectivity index (χ2n) is 1.17. The van der Waals surface area contributed by atoms with Crippen molar-refractivity contribution >= 4 is 12.4 Å². The molecule has 0 aromatic heterocycles. The summed E-state index contributed by atoms with van der Waals surface area (Å²) in [6.07, 6.45) is 4.91. The Bertz CT molecular complexity index is 43.3. The molecule has 0 rings (SSSR count). The molecule has 1 nitrogen and oxygen atoms in total. The highest BCUT2D eigenvalue weighted by Gasteiger charge is 1.66. The summed E-state index contributed by atoms with van der Waals surface area (Å²) in [5, 5.41) is 8.02. The van der Waals surface area contributed by atoms with Crippen molar-refractivity contribution in [3.05, 3.63) is 12.3 Å². The van der Waals surface area contributed by atoms with Gasteiger partial charge in [-0.2, -0.15) is 0 Å². The van der Waals surface area contributed by atoms with E-state index in [2.05, 4.69) is 6.92 Å². The molecule has 1 N–H and O–H groups in total. The fourth-order valence-electron chi connectivity index (χ4n) is 0.241. The Kier molecular flexibility index (Phi) is 13.2. The van der Waals surface area contributed by atoms with Crippen molar-refractivity contribution < 1.29 is 5.11 Å². The Balaban J connectivity index is 0. The summed E-state index contributed by atoms with van der Waals surface area (Å²) in [7, 11) is 0. The summed E-state index contributed by atoms with van der Waals surface area (Å²) >= 11 is 0. The lowest BCUT2D eigenvalue weighted by atomic mass is 10.3. The third-order valence-corrected chi connectivity index (χ3v) is 0.561. The lowest BCUT2D eigenvalue weighted by molar-refractivity contribution is 0.470. The van der Waals surface area contributed by atoms with Gasteiger partial charge in [-0.25, -0.2) is 0 Å². The molecular weight excluding hydrogens is 112 g/mol. The van der Waals surface area contributed by atoms with E-state index >= 15 is 0 Å². The van der Waals surface area contributed by atoms with Crippen LogP contribution < -0.4 is 0 Å². The molecule has 0 unspecified atom stereocenters. The van der Waals surface area contributed by atoms with Gasteiger partial charge in [0.05, 0.1) is 6.26 Å². The quantitative estimate of drug-likeness (QED) is 0.558. The normalized spacial score (nSPS) is 8.71. The van der Waals surface area contributed by atoms with Crippen molar-refractivity contribution in [2.75, 3.05) is 0 Å². The van der Waals surface area contributed by atoms with Crippen LogP contribution in [0.3, 0.4) is 0 Å². The van der Waals surface area contributed by atoms with Crippen molar-refractivity contribution in [2.45, 2.75) is 19.8 Å². The molecule has 0 aromatic carbocycles. The largest absolute Gasteiger partial charge is 0.516 e. The minimum atomic E-state index is 0. The zero-order valence-electron chi connectivity index (χ0n) is 4.42. The molecule has 0 aliphatic heterocycles. The number of aliphatic hydroxyl groups excluding tert-OH is 1. The van der Waals surface area contributed by atoms with E-state index in [9.17, 15) is 0 Å². The molecule has 0 aromatic rings. The number of unbranched alkanes of at least 4 members (excludes halogenated alkanes) is 1. The lowest BCUT2D eigenvalue weighted by Gasteiger charge is -1.75. The summed E-state index contributed by atoms with van der Waals surface area (Å²) in [6, 6.07) is 0. The number of halogens is 1. The summed E-state index contributed by atoms with van der Waals surface area (Å²) in [5.74, 6) is 0. The summed E-state index contributed by atoms with van der Waals surface area (Å²) in [5.41, 5.74) is 0. The second-order valence-corrected chi connectivity index (χ2v) is 1.17. The first-order valence-electron chi connectivity index (χ1n) is 2.21. The van der Waals surface area contributed by atoms with E-state index < -0.39 is 0 Å². The molecule has 0 radical (unpaired) electrons. The highest BCUT2D eigenvalue weighted by molar-refractivity contribution is 5.85. The zero-order valence-corrected chi connectivity index (χ0v) is 5.24. The lowest BCUT2D eigenvalue weighted by Crippen LogP contribution is -1.57. The summed E-state index contributed by atoms with van der Waals surface area (Å²) in [4.78, 5) is 0. The summed E-state index contributed by atoms with van der Waals surface area (Å²) < 4.78 is 0. The number of allylic oxidation sites excluding steroid dienone is 1. The third-order valence-electron chi connectivity index (χ3n) is 0.561. The van der Waals surface area contributed by atoms with Gasteiger partial charge in [0.1, 0.15) is 0 Å². The average molecular weight is 123 g/mol. The molecule has 0 amide bonds. The highest BCUT2D eigenvalue weighted by atomic mass is 35.5. The second kappa shape index (κ2) is 9.27. The van der Waals surface area contributed by atoms with Gasteiger partial charge in [0.2, 0.25) is 0 Å². The fourth-order valence-corrected chi connectivity index (χ4v) is 0.241. The van der Waals surface area contributed by atoms with Crippen molar-refractivity contribution in [1.29, 1.82) is 0 Å². The Morgan fingerprint density at radius 2 is 2.14 bits per heavy atom. The van der Waals surface area contributed by atoms with Crippen LogP contribution in [0, 0.1) is 0 Å². The Labute approximate surface area is 50.5 Å². The number of hydrogen-bond donors (Lipinski definition) is 1. The predicted octanol–water partition coefficient (Wildman–Crippen LogP) is 2.28. The molecule has 0 saturated heterocycles. The van der Waals surface area contributed by atoms with E-state index in [0.29, 0.717) is 0 Å². The van der Waals surface area contributed by atoms with E-state index in [1.807, 2.05) is 0 Å². The van der Waals surface area contributed by atoms with Crippen LogP contribution in [0.2, 0.25) is 0 Å². The Morgan fingerprint density at radius 1 is 1.57 bits per heavy atom. The van der Waals surface area contributed by atoms with Gasteiger partial charge in [0.15, 0.2) is 0 Å². The van der Waals surface area contributed by atoms with Crippen LogP contribution in [0.15, 0.2) is 12.3 Å². The van der Waals surface area contributed by atoms with Crippen LogP contribution in [0.1, 0.15) is 19.8 Å². The molecule has 44 valence electrons. The molecule has 0 fully saturated rings. The average Bonchev–Trinajstić information content (AvgIpc) is 1.61. The van der Waals surface area contributed by atoms with Crippen LogP contribution in [0.4, 0.5) is 0 Å². The molecule has 0 saturated carbocycles. The molecule has 0 heterocycles. The van der Waals surface area contributed by atoms with Gasteiger partial charge >= 0.3 is 0 Å². The van der Waals surface area contributed by atoms with E-state index in [1.165, 1.54) is 0 Å². The van der Waals surface area contributed by atoms with E-state index in [0.717, 1.165) is 19.1 Å². The summed E-state index contributed by atoms with van der Waals surface area (Å²) in [6.45, 7) is 2.07. The maximum atomic E-state index is 8.02. The first-order valence-corrected chi connectivity index (χ1v) is 2.21. The fraction of sp³-hybridized carbons (Fsp3) is 0.600. The molecule has 2 heteroatoms. The van der Waals surface area contributed by atoms with Gasteiger partial charge in [0, 0.05) is 0 Å². The van der Waals surface area contributed by atoms with Gasteiger partial charge in [0.25, 0.3) is 0 Å². The number of rotatable bonds is 2. The van der Waals surface area contributed by atoms with Crippen LogP contribution in [0.25, 0.3) is 0 Å². The number of hydrogen-bond acceptors (Lipinski definition) is 1. The van der Waals surface area contributed by atoms with Gasteiger partial charge in [-0.1, -0.05) is 19.4 Å². The smallest absolute Gasteiger partial charge is 0.0751 e. The van der Waals surface area contributed by atoms with Gasteiger partial charge < -0.3 is 5.11 Å². The SMILES string of the molecule is CCCC=CO.Cl. The first-order chi connectivity index (χ1) is 2.91. The predicted molar refractivity (Wildman–Crippen MR) is 33.9 cm³/mol. The standard InChI is InChI=1S/C5H10O.ClH/c1-2-3-4-5-6;/h4-6H,2-3H2,1H3;1H. The van der Waals surface area contributed by atoms with Crippen molar-refractivity contribution in [3.63, 3.8) is 0 Å². The first kappa shape index (κ1) is 9.95. The molecule has 0 aliphatic carbocycles. The highest BCUT2D eigenvalue weighted by Crippen LogP contribution is 1.84. The minimum Gasteiger partial charge on any atom is -0.516 e. The van der Waals surface area contributed by atoms with Gasteiger partial charge in [-0.3, -0.25) is 0 Å². The van der Waals surface area contributed by atoms with Gasteiger partial charge in [-0.15, -0.1) is 12.4 Å². The number of aliphatic hydroxyl groups is 1. The van der Waals surface area contributed by atoms with E-state index in [1.54, 1.807) is 6.08 Å². The van der Waals surface area contributed by atoms with E-state index in [-0.39, 0.29) is 12.4 Å². The van der Waals surface area contributed by atoms with Gasteiger partial charge in [-0.05, 0) is 6.42 Å². The van der Waals surface area contributed by atoms with Crippen LogP contribution in [-0.2, 0) is 0 Å². The van der Waals surface area contributed by atoms with E-state index in [4.69, 9.17) is 5.11 Å².